The number of carbonyl (C=O) groups is 2. The molecule has 0 N–H and O–H groups in total. The molecule has 0 bridgehead atoms. The van der Waals surface area contributed by atoms with E-state index < -0.39 is 16.1 Å². The van der Waals surface area contributed by atoms with E-state index in [0.29, 0.717) is 38.0 Å². The summed E-state index contributed by atoms with van der Waals surface area (Å²) < 4.78 is 33.1. The van der Waals surface area contributed by atoms with Crippen molar-refractivity contribution in [3.05, 3.63) is 59.1 Å². The summed E-state index contributed by atoms with van der Waals surface area (Å²) >= 11 is 5.73. The van der Waals surface area contributed by atoms with Crippen LogP contribution in [0.25, 0.3) is 10.8 Å². The van der Waals surface area contributed by atoms with Crippen LogP contribution in [-0.2, 0) is 26.0 Å². The highest BCUT2D eigenvalue weighted by atomic mass is 35.5. The van der Waals surface area contributed by atoms with Crippen molar-refractivity contribution in [2.45, 2.75) is 43.0 Å². The lowest BCUT2D eigenvalue weighted by Gasteiger charge is -2.33. The minimum absolute atomic E-state index is 0.0481. The lowest BCUT2D eigenvalue weighted by atomic mass is 9.93. The Morgan fingerprint density at radius 2 is 1.95 bits per heavy atom. The summed E-state index contributed by atoms with van der Waals surface area (Å²) in [5.41, 5.74) is 2.21. The molecule has 1 atom stereocenters. The Bertz CT molecular complexity index is 1460. The SMILES string of the molecule is COCCCN1C(=O)c2cccc3c(CC(=O)C4CCCCN4S(=O)(=O)c4cnc(Cl)nc4)ccc1c23. The van der Waals surface area contributed by atoms with E-state index in [9.17, 15) is 18.0 Å². The van der Waals surface area contributed by atoms with Crippen molar-refractivity contribution in [2.75, 3.05) is 31.7 Å². The van der Waals surface area contributed by atoms with Crippen LogP contribution < -0.4 is 4.90 Å². The zero-order valence-corrected chi connectivity index (χ0v) is 22.0. The van der Waals surface area contributed by atoms with Gasteiger partial charge in [-0.2, -0.15) is 4.31 Å². The maximum atomic E-state index is 13.6. The molecule has 37 heavy (non-hydrogen) atoms. The molecule has 9 nitrogen and oxygen atoms in total. The Labute approximate surface area is 220 Å². The number of anilines is 1. The molecule has 2 aliphatic rings. The van der Waals surface area contributed by atoms with Crippen LogP contribution in [0.5, 0.6) is 0 Å². The van der Waals surface area contributed by atoms with E-state index in [4.69, 9.17) is 16.3 Å². The number of carbonyl (C=O) groups excluding carboxylic acids is 2. The average molecular weight is 543 g/mol. The highest BCUT2D eigenvalue weighted by Crippen LogP contribution is 2.39. The van der Waals surface area contributed by atoms with Crippen molar-refractivity contribution in [3.8, 4) is 0 Å². The number of hydrogen-bond donors (Lipinski definition) is 0. The van der Waals surface area contributed by atoms with E-state index in [1.165, 1.54) is 16.7 Å². The Morgan fingerprint density at radius 3 is 2.70 bits per heavy atom. The number of Topliss-reactive ketones (excluding diaryl/α,β-unsaturated/α-hetero) is 1. The van der Waals surface area contributed by atoms with Crippen molar-refractivity contribution in [1.29, 1.82) is 0 Å². The topological polar surface area (TPSA) is 110 Å². The molecule has 194 valence electrons. The highest BCUT2D eigenvalue weighted by Gasteiger charge is 2.38. The third kappa shape index (κ3) is 4.74. The summed E-state index contributed by atoms with van der Waals surface area (Å²) in [5, 5.41) is 1.62. The summed E-state index contributed by atoms with van der Waals surface area (Å²) in [4.78, 5) is 35.9. The van der Waals surface area contributed by atoms with Gasteiger partial charge in [-0.3, -0.25) is 9.59 Å². The molecule has 0 spiro atoms. The largest absolute Gasteiger partial charge is 0.385 e. The van der Waals surface area contributed by atoms with Gasteiger partial charge in [0.15, 0.2) is 5.78 Å². The highest BCUT2D eigenvalue weighted by molar-refractivity contribution is 7.89. The number of sulfonamides is 1. The minimum Gasteiger partial charge on any atom is -0.385 e. The molecule has 1 amide bonds. The van der Waals surface area contributed by atoms with Crippen molar-refractivity contribution >= 4 is 49.8 Å². The lowest BCUT2D eigenvalue weighted by Crippen LogP contribution is -2.48. The van der Waals surface area contributed by atoms with Gasteiger partial charge in [-0.15, -0.1) is 0 Å². The fourth-order valence-corrected chi connectivity index (χ4v) is 6.91. The molecule has 1 saturated heterocycles. The fraction of sp³-hybridized carbons (Fsp3) is 0.385. The lowest BCUT2D eigenvalue weighted by molar-refractivity contribution is -0.122. The Hall–Kier alpha value is -2.92. The average Bonchev–Trinajstić information content (AvgIpc) is 3.18. The van der Waals surface area contributed by atoms with Gasteiger partial charge in [-0.05, 0) is 53.9 Å². The van der Waals surface area contributed by atoms with Crippen LogP contribution in [0.4, 0.5) is 5.69 Å². The zero-order chi connectivity index (χ0) is 26.2. The zero-order valence-electron chi connectivity index (χ0n) is 20.4. The summed E-state index contributed by atoms with van der Waals surface area (Å²) in [6, 6.07) is 8.51. The summed E-state index contributed by atoms with van der Waals surface area (Å²) in [5.74, 6) is -0.241. The molecule has 2 aliphatic heterocycles. The first-order valence-electron chi connectivity index (χ1n) is 12.2. The predicted molar refractivity (Wildman–Crippen MR) is 139 cm³/mol. The molecule has 11 heteroatoms. The maximum Gasteiger partial charge on any atom is 0.258 e. The second kappa shape index (κ2) is 10.4. The molecule has 3 aromatic rings. The smallest absolute Gasteiger partial charge is 0.258 e. The van der Waals surface area contributed by atoms with Crippen LogP contribution in [0.15, 0.2) is 47.6 Å². The van der Waals surface area contributed by atoms with Crippen LogP contribution in [0.2, 0.25) is 5.28 Å². The van der Waals surface area contributed by atoms with Gasteiger partial charge in [0, 0.05) is 44.2 Å². The number of ether oxygens (including phenoxy) is 1. The number of rotatable bonds is 9. The maximum absolute atomic E-state index is 13.6. The van der Waals surface area contributed by atoms with Gasteiger partial charge in [0.2, 0.25) is 15.3 Å². The summed E-state index contributed by atoms with van der Waals surface area (Å²) in [6.07, 6.45) is 4.97. The van der Waals surface area contributed by atoms with Gasteiger partial charge in [-0.1, -0.05) is 24.6 Å². The number of halogens is 1. The van der Waals surface area contributed by atoms with E-state index in [2.05, 4.69) is 9.97 Å². The van der Waals surface area contributed by atoms with Crippen molar-refractivity contribution in [1.82, 2.24) is 14.3 Å². The number of hydrogen-bond acceptors (Lipinski definition) is 7. The third-order valence-corrected chi connectivity index (χ3v) is 9.05. The Kier molecular flexibility index (Phi) is 7.26. The third-order valence-electron chi connectivity index (χ3n) is 7.00. The van der Waals surface area contributed by atoms with Crippen molar-refractivity contribution < 1.29 is 22.7 Å². The first kappa shape index (κ1) is 25.7. The number of aromatic nitrogens is 2. The molecular formula is C26H27ClN4O5S. The first-order valence-corrected chi connectivity index (χ1v) is 14.0. The number of benzene rings is 2. The number of methoxy groups -OCH3 is 1. The fourth-order valence-electron chi connectivity index (χ4n) is 5.24. The Morgan fingerprint density at radius 1 is 1.16 bits per heavy atom. The van der Waals surface area contributed by atoms with E-state index in [0.717, 1.165) is 28.4 Å². The molecule has 0 aliphatic carbocycles. The molecule has 1 fully saturated rings. The molecule has 3 heterocycles. The van der Waals surface area contributed by atoms with Crippen LogP contribution >= 0.6 is 11.6 Å². The van der Waals surface area contributed by atoms with E-state index in [1.807, 2.05) is 24.3 Å². The van der Waals surface area contributed by atoms with Gasteiger partial charge in [0.1, 0.15) is 4.90 Å². The monoisotopic (exact) mass is 542 g/mol. The van der Waals surface area contributed by atoms with E-state index in [-0.39, 0.29) is 34.8 Å². The van der Waals surface area contributed by atoms with Crippen molar-refractivity contribution in [3.63, 3.8) is 0 Å². The van der Waals surface area contributed by atoms with Gasteiger partial charge in [0.05, 0.1) is 24.1 Å². The van der Waals surface area contributed by atoms with Crippen LogP contribution in [0.3, 0.4) is 0 Å². The quantitative estimate of drug-likeness (QED) is 0.300. The molecule has 2 aromatic carbocycles. The van der Waals surface area contributed by atoms with E-state index in [1.54, 1.807) is 18.1 Å². The minimum atomic E-state index is -3.97. The van der Waals surface area contributed by atoms with Crippen molar-refractivity contribution in [2.24, 2.45) is 0 Å². The summed E-state index contributed by atoms with van der Waals surface area (Å²) in [6.45, 7) is 1.34. The number of piperidine rings is 1. The Balaban J connectivity index is 1.44. The molecule has 1 aromatic heterocycles. The normalized spacial score (nSPS) is 18.1. The second-order valence-corrected chi connectivity index (χ2v) is 11.5. The standard InChI is InChI=1S/C26H27ClN4O5S/c1-36-13-5-11-30-22-10-9-17(19-6-4-7-20(24(19)22)25(30)33)14-23(32)21-8-2-3-12-31(21)37(34,35)18-15-28-26(27)29-16-18/h4,6-7,9-10,15-16,21H,2-3,5,8,11-14H2,1H3. The van der Waals surface area contributed by atoms with Crippen LogP contribution in [0.1, 0.15) is 41.6 Å². The van der Waals surface area contributed by atoms with E-state index >= 15 is 0 Å². The molecule has 1 unspecified atom stereocenters. The van der Waals surface area contributed by atoms with Crippen LogP contribution in [-0.4, -0.2) is 67.2 Å². The molecule has 0 radical (unpaired) electrons. The van der Waals surface area contributed by atoms with Gasteiger partial charge in [-0.25, -0.2) is 18.4 Å². The summed E-state index contributed by atoms with van der Waals surface area (Å²) in [7, 11) is -2.34. The number of nitrogens with zero attached hydrogens (tertiary/aromatic N) is 4. The molecular weight excluding hydrogens is 516 g/mol. The number of amides is 1. The van der Waals surface area contributed by atoms with Gasteiger partial charge < -0.3 is 9.64 Å². The number of ketones is 1. The van der Waals surface area contributed by atoms with Gasteiger partial charge >= 0.3 is 0 Å². The molecule has 5 rings (SSSR count). The van der Waals surface area contributed by atoms with Gasteiger partial charge in [0.25, 0.3) is 5.91 Å². The first-order chi connectivity index (χ1) is 17.8. The second-order valence-electron chi connectivity index (χ2n) is 9.23. The van der Waals surface area contributed by atoms with Crippen LogP contribution in [0, 0.1) is 0 Å². The molecule has 0 saturated carbocycles. The predicted octanol–water partition coefficient (Wildman–Crippen LogP) is 3.63.